The van der Waals surface area contributed by atoms with Gasteiger partial charge in [-0.05, 0) is 146 Å². The number of hydrogen-bond donors (Lipinski definition) is 9. The van der Waals surface area contributed by atoms with Gasteiger partial charge in [0.1, 0.15) is 41.1 Å². The van der Waals surface area contributed by atoms with Gasteiger partial charge >= 0.3 is 0 Å². The van der Waals surface area contributed by atoms with Crippen LogP contribution in [0.2, 0.25) is 0 Å². The quantitative estimate of drug-likeness (QED) is 0.0421. The van der Waals surface area contributed by atoms with Gasteiger partial charge in [0.2, 0.25) is 0 Å². The van der Waals surface area contributed by atoms with Crippen LogP contribution < -0.4 is 40.7 Å². The van der Waals surface area contributed by atoms with Crippen LogP contribution in [0.25, 0.3) is 17.2 Å². The third kappa shape index (κ3) is 9.94. The van der Waals surface area contributed by atoms with Crippen molar-refractivity contribution in [3.05, 3.63) is 98.1 Å². The van der Waals surface area contributed by atoms with E-state index in [2.05, 4.69) is 70.9 Å². The van der Waals surface area contributed by atoms with Crippen molar-refractivity contribution in [3.63, 3.8) is 0 Å². The Morgan fingerprint density at radius 1 is 0.971 bits per heavy atom. The Bertz CT molecular complexity index is 2730. The second-order valence-corrected chi connectivity index (χ2v) is 20.2. The molecule has 7 unspecified atom stereocenters. The van der Waals surface area contributed by atoms with Gasteiger partial charge in [-0.2, -0.15) is 0 Å². The molecule has 9 rings (SSSR count). The zero-order chi connectivity index (χ0) is 48.5. The highest BCUT2D eigenvalue weighted by Gasteiger charge is 2.55. The van der Waals surface area contributed by atoms with Gasteiger partial charge in [0.05, 0.1) is 37.4 Å². The van der Waals surface area contributed by atoms with Crippen molar-refractivity contribution in [3.8, 4) is 51.7 Å². The molecule has 0 radical (unpaired) electrons. The van der Waals surface area contributed by atoms with Gasteiger partial charge in [-0.25, -0.2) is 0 Å². The first-order valence-electron chi connectivity index (χ1n) is 24.6. The Balaban J connectivity index is 1.26. The SMILES string of the molecule is CNCOC12Cc3c4c(c5c(c3OC1c1cc(CCCO)c(O)c(c1)OC(CO)CC#CC2NCNCC(C)(O)CC(C)C)CCC(CO)O5)-c1ccc(O)cc1C(Cc1ccc2c(c1)=CCN=2)C4. The fraction of sp³-hybridized carbons (Fsp3) is 0.509. The van der Waals surface area contributed by atoms with E-state index in [1.165, 1.54) is 0 Å². The first-order chi connectivity index (χ1) is 33.3. The molecule has 4 aliphatic heterocycles. The summed E-state index contributed by atoms with van der Waals surface area (Å²) in [5, 5.41) is 77.7. The fourth-order valence-electron chi connectivity index (χ4n) is 11.3. The number of aliphatic hydroxyl groups is 4. The van der Waals surface area contributed by atoms with E-state index in [-0.39, 0.29) is 68.7 Å². The molecule has 4 aromatic carbocycles. The Morgan fingerprint density at radius 2 is 1.81 bits per heavy atom. The van der Waals surface area contributed by atoms with Gasteiger partial charge in [-0.3, -0.25) is 15.6 Å². The number of nitrogens with zero attached hydrogens (tertiary/aromatic N) is 1. The number of aliphatic hydroxyl groups excluding tert-OH is 3. The molecule has 5 aliphatic rings. The summed E-state index contributed by atoms with van der Waals surface area (Å²) in [5.74, 6) is 8.68. The van der Waals surface area contributed by atoms with Crippen molar-refractivity contribution in [2.45, 2.75) is 120 Å². The Morgan fingerprint density at radius 3 is 2.59 bits per heavy atom. The first kappa shape index (κ1) is 48.8. The van der Waals surface area contributed by atoms with E-state index >= 15 is 0 Å². The van der Waals surface area contributed by atoms with Gasteiger partial charge in [-0.15, -0.1) is 0 Å². The van der Waals surface area contributed by atoms with E-state index in [4.69, 9.17) is 18.9 Å². The molecular formula is C55H68N4O10. The number of benzene rings is 4. The lowest BCUT2D eigenvalue weighted by atomic mass is 9.69. The number of phenolic OH excluding ortho intramolecular Hbond substituents is 2. The van der Waals surface area contributed by atoms with Gasteiger partial charge in [0.25, 0.3) is 0 Å². The molecule has 4 aromatic rings. The summed E-state index contributed by atoms with van der Waals surface area (Å²) in [5.41, 5.74) is 5.83. The zero-order valence-electron chi connectivity index (χ0n) is 40.2. The van der Waals surface area contributed by atoms with Crippen molar-refractivity contribution in [1.29, 1.82) is 0 Å². The van der Waals surface area contributed by atoms with E-state index in [0.29, 0.717) is 87.1 Å². The second kappa shape index (κ2) is 20.6. The van der Waals surface area contributed by atoms with Crippen LogP contribution in [0.5, 0.6) is 28.7 Å². The molecule has 69 heavy (non-hydrogen) atoms. The number of phenols is 2. The number of nitrogens with one attached hydrogen (secondary N) is 3. The van der Waals surface area contributed by atoms with Gasteiger partial charge in [0, 0.05) is 49.4 Å². The Kier molecular flexibility index (Phi) is 14.6. The van der Waals surface area contributed by atoms with Gasteiger partial charge < -0.3 is 54.9 Å². The largest absolute Gasteiger partial charge is 0.508 e. The van der Waals surface area contributed by atoms with E-state index in [1.807, 2.05) is 32.2 Å². The Hall–Kier alpha value is -5.21. The molecule has 0 aromatic heterocycles. The van der Waals surface area contributed by atoms with Crippen molar-refractivity contribution < 1.29 is 49.6 Å². The Labute approximate surface area is 404 Å². The molecule has 0 saturated heterocycles. The van der Waals surface area contributed by atoms with Crippen LogP contribution in [0, 0.1) is 17.8 Å². The minimum Gasteiger partial charge on any atom is -0.508 e. The fourth-order valence-corrected chi connectivity index (χ4v) is 11.3. The molecule has 2 bridgehead atoms. The number of aromatic hydroxyl groups is 2. The summed E-state index contributed by atoms with van der Waals surface area (Å²) in [6.45, 7) is 6.76. The molecule has 0 amide bonds. The van der Waals surface area contributed by atoms with Crippen LogP contribution in [0.15, 0.2) is 53.5 Å². The number of hydrogen-bond acceptors (Lipinski definition) is 14. The minimum atomic E-state index is -1.29. The summed E-state index contributed by atoms with van der Waals surface area (Å²) in [4.78, 5) is 4.62. The average Bonchev–Trinajstić information content (AvgIpc) is 3.80. The summed E-state index contributed by atoms with van der Waals surface area (Å²) in [6, 6.07) is 15.0. The lowest BCUT2D eigenvalue weighted by Crippen LogP contribution is -2.62. The normalized spacial score (nSPS) is 23.8. The zero-order valence-corrected chi connectivity index (χ0v) is 40.2. The molecule has 0 spiro atoms. The monoisotopic (exact) mass is 944 g/mol. The van der Waals surface area contributed by atoms with E-state index in [1.54, 1.807) is 12.1 Å². The van der Waals surface area contributed by atoms with Crippen LogP contribution in [0.3, 0.4) is 0 Å². The van der Waals surface area contributed by atoms with Crippen LogP contribution >= 0.6 is 0 Å². The van der Waals surface area contributed by atoms with Crippen molar-refractivity contribution in [2.24, 2.45) is 10.9 Å². The average molecular weight is 945 g/mol. The standard InChI is InChI=1S/C55H68N4O10/c1-32(2)25-54(3,65)29-57-30-59-48-9-5-8-39(27-61)67-47-23-37(21-35(50(47)64)7-6-18-60)53-55(48,66-31-56-4)26-45-44-22-36(20-33-10-15-46-34(19-33)16-17-58-46)43-24-38(63)11-13-41(43)49(44)52-42(51(45)69-53)14-12-40(28-62)68-52/h10-11,13,15-16,19,21,23-24,32,36,39-40,48,53,56-57,59-65H,6-8,12,14,17-18,20,22,25-31H2,1-4H3. The predicted octanol–water partition coefficient (Wildman–Crippen LogP) is 3.73. The molecule has 4 heterocycles. The van der Waals surface area contributed by atoms with E-state index < -0.39 is 35.6 Å². The summed E-state index contributed by atoms with van der Waals surface area (Å²) >= 11 is 0. The number of fused-ring (bicyclic) bond motifs is 13. The molecule has 7 atom stereocenters. The number of ether oxygens (including phenoxy) is 4. The number of aryl methyl sites for hydroxylation is 1. The molecule has 368 valence electrons. The van der Waals surface area contributed by atoms with Gasteiger partial charge in [-0.1, -0.05) is 43.9 Å². The van der Waals surface area contributed by atoms with Crippen LogP contribution in [-0.2, 0) is 36.8 Å². The third-order valence-corrected chi connectivity index (χ3v) is 14.3. The molecule has 9 N–H and O–H groups in total. The summed E-state index contributed by atoms with van der Waals surface area (Å²) in [6.07, 6.45) is 4.23. The lowest BCUT2D eigenvalue weighted by Gasteiger charge is -2.49. The number of rotatable bonds is 17. The maximum atomic E-state index is 11.7. The lowest BCUT2D eigenvalue weighted by molar-refractivity contribution is -0.141. The highest BCUT2D eigenvalue weighted by atomic mass is 16.6. The maximum Gasteiger partial charge on any atom is 0.162 e. The van der Waals surface area contributed by atoms with E-state index in [0.717, 1.165) is 49.5 Å². The summed E-state index contributed by atoms with van der Waals surface area (Å²) in [7, 11) is 1.82. The van der Waals surface area contributed by atoms with Crippen LogP contribution in [0.1, 0.15) is 97.4 Å². The maximum absolute atomic E-state index is 11.7. The molecule has 0 saturated carbocycles. The topological polar surface area (TPSA) is 207 Å². The summed E-state index contributed by atoms with van der Waals surface area (Å²) < 4.78 is 28.1. The minimum absolute atomic E-state index is 0.0623. The van der Waals surface area contributed by atoms with Crippen molar-refractivity contribution in [2.75, 3.05) is 53.4 Å². The van der Waals surface area contributed by atoms with Crippen LogP contribution in [-0.4, -0.2) is 113 Å². The molecule has 14 nitrogen and oxygen atoms in total. The van der Waals surface area contributed by atoms with E-state index in [9.17, 15) is 30.6 Å². The smallest absolute Gasteiger partial charge is 0.162 e. The molecule has 0 fully saturated rings. The first-order valence-corrected chi connectivity index (χ1v) is 24.6. The van der Waals surface area contributed by atoms with Crippen molar-refractivity contribution >= 4 is 6.08 Å². The third-order valence-electron chi connectivity index (χ3n) is 14.3. The highest BCUT2D eigenvalue weighted by molar-refractivity contribution is 5.85. The molecule has 14 heteroatoms. The molecule has 1 aliphatic carbocycles. The van der Waals surface area contributed by atoms with Gasteiger partial charge in [0.15, 0.2) is 17.6 Å². The highest BCUT2D eigenvalue weighted by Crippen LogP contribution is 2.58. The predicted molar refractivity (Wildman–Crippen MR) is 262 cm³/mol. The van der Waals surface area contributed by atoms with Crippen molar-refractivity contribution in [1.82, 2.24) is 16.0 Å². The second-order valence-electron chi connectivity index (χ2n) is 20.2. The molecular weight excluding hydrogens is 877 g/mol. The van der Waals surface area contributed by atoms with Crippen LogP contribution in [0.4, 0.5) is 0 Å².